The van der Waals surface area contributed by atoms with Crippen LogP contribution in [0.4, 0.5) is 11.4 Å². The van der Waals surface area contributed by atoms with E-state index in [2.05, 4.69) is 10.6 Å². The summed E-state index contributed by atoms with van der Waals surface area (Å²) in [5, 5.41) is 6.22. The molecule has 136 valence electrons. The molecule has 0 aliphatic rings. The molecule has 0 fully saturated rings. The van der Waals surface area contributed by atoms with Gasteiger partial charge in [-0.3, -0.25) is 9.59 Å². The van der Waals surface area contributed by atoms with E-state index >= 15 is 0 Å². The summed E-state index contributed by atoms with van der Waals surface area (Å²) in [4.78, 5) is 24.4. The molecule has 0 radical (unpaired) electrons. The van der Waals surface area contributed by atoms with Gasteiger partial charge in [0.05, 0.1) is 6.42 Å². The van der Waals surface area contributed by atoms with E-state index in [9.17, 15) is 9.59 Å². The molecule has 0 aromatic heterocycles. The summed E-state index contributed by atoms with van der Waals surface area (Å²) < 4.78 is 0. The molecule has 0 aliphatic carbocycles. The van der Waals surface area contributed by atoms with Crippen LogP contribution < -0.4 is 10.6 Å². The van der Waals surface area contributed by atoms with Gasteiger partial charge in [0.1, 0.15) is 0 Å². The highest BCUT2D eigenvalue weighted by Gasteiger charge is 2.08. The summed E-state index contributed by atoms with van der Waals surface area (Å²) in [6, 6.07) is 21.7. The first-order valence-corrected chi connectivity index (χ1v) is 8.90. The molecule has 3 rings (SSSR count). The Hall–Kier alpha value is -3.11. The Morgan fingerprint density at radius 3 is 2.11 bits per heavy atom. The molecule has 0 saturated heterocycles. The molecule has 27 heavy (non-hydrogen) atoms. The van der Waals surface area contributed by atoms with Gasteiger partial charge in [0.15, 0.2) is 0 Å². The van der Waals surface area contributed by atoms with Crippen LogP contribution in [-0.4, -0.2) is 11.8 Å². The summed E-state index contributed by atoms with van der Waals surface area (Å²) >= 11 is 6.07. The van der Waals surface area contributed by atoms with Crippen LogP contribution in [0, 0.1) is 6.92 Å². The zero-order chi connectivity index (χ0) is 19.2. The minimum Gasteiger partial charge on any atom is -0.326 e. The highest BCUT2D eigenvalue weighted by atomic mass is 35.5. The van der Waals surface area contributed by atoms with Crippen molar-refractivity contribution in [1.29, 1.82) is 0 Å². The van der Waals surface area contributed by atoms with E-state index in [1.165, 1.54) is 0 Å². The van der Waals surface area contributed by atoms with E-state index < -0.39 is 0 Å². The molecule has 3 aromatic rings. The van der Waals surface area contributed by atoms with E-state index in [0.29, 0.717) is 28.4 Å². The largest absolute Gasteiger partial charge is 0.326 e. The second kappa shape index (κ2) is 8.52. The highest BCUT2D eigenvalue weighted by Crippen LogP contribution is 2.19. The molecule has 4 nitrogen and oxygen atoms in total. The Labute approximate surface area is 163 Å². The van der Waals surface area contributed by atoms with Gasteiger partial charge < -0.3 is 10.6 Å². The standard InChI is InChI=1S/C22H19ClN2O2/c1-15-7-8-17(14-20(15)23)22(27)25-19-11-9-18(10-12-19)24-21(26)13-16-5-3-2-4-6-16/h2-12,14H,13H2,1H3,(H,24,26)(H,25,27). The van der Waals surface area contributed by atoms with E-state index in [1.807, 2.05) is 43.3 Å². The summed E-state index contributed by atoms with van der Waals surface area (Å²) in [7, 11) is 0. The number of carbonyl (C=O) groups is 2. The van der Waals surface area contributed by atoms with Gasteiger partial charge >= 0.3 is 0 Å². The van der Waals surface area contributed by atoms with Crippen molar-refractivity contribution in [1.82, 2.24) is 0 Å². The fourth-order valence-electron chi connectivity index (χ4n) is 2.56. The Morgan fingerprint density at radius 1 is 0.852 bits per heavy atom. The number of halogens is 1. The summed E-state index contributed by atoms with van der Waals surface area (Å²) in [6.07, 6.45) is 0.313. The Morgan fingerprint density at radius 2 is 1.48 bits per heavy atom. The smallest absolute Gasteiger partial charge is 0.255 e. The molecule has 2 N–H and O–H groups in total. The van der Waals surface area contributed by atoms with E-state index in [0.717, 1.165) is 11.1 Å². The summed E-state index contributed by atoms with van der Waals surface area (Å²) in [5.41, 5.74) is 3.68. The number of amides is 2. The molecule has 2 amide bonds. The van der Waals surface area contributed by atoms with Crippen LogP contribution in [0.5, 0.6) is 0 Å². The van der Waals surface area contributed by atoms with Crippen molar-refractivity contribution >= 4 is 34.8 Å². The van der Waals surface area contributed by atoms with Crippen LogP contribution in [0.1, 0.15) is 21.5 Å². The lowest BCUT2D eigenvalue weighted by Crippen LogP contribution is -2.15. The third-order valence-electron chi connectivity index (χ3n) is 4.07. The van der Waals surface area contributed by atoms with Gasteiger partial charge in [0, 0.05) is 22.0 Å². The zero-order valence-corrected chi connectivity index (χ0v) is 15.6. The van der Waals surface area contributed by atoms with Crippen molar-refractivity contribution in [3.8, 4) is 0 Å². The number of benzene rings is 3. The van der Waals surface area contributed by atoms with Crippen LogP contribution in [0.2, 0.25) is 5.02 Å². The van der Waals surface area contributed by atoms with Crippen LogP contribution >= 0.6 is 11.6 Å². The minimum atomic E-state index is -0.238. The van der Waals surface area contributed by atoms with Gasteiger partial charge in [-0.25, -0.2) is 0 Å². The molecule has 5 heteroatoms. The monoisotopic (exact) mass is 378 g/mol. The van der Waals surface area contributed by atoms with Gasteiger partial charge in [-0.2, -0.15) is 0 Å². The molecule has 0 aliphatic heterocycles. The fraction of sp³-hybridized carbons (Fsp3) is 0.0909. The molecular weight excluding hydrogens is 360 g/mol. The molecule has 0 atom stereocenters. The number of aryl methyl sites for hydroxylation is 1. The minimum absolute atomic E-state index is 0.0905. The molecule has 0 spiro atoms. The average Bonchev–Trinajstić information content (AvgIpc) is 2.66. The Kier molecular flexibility index (Phi) is 5.89. The second-order valence-electron chi connectivity index (χ2n) is 6.21. The molecular formula is C22H19ClN2O2. The first-order valence-electron chi connectivity index (χ1n) is 8.52. The number of rotatable bonds is 5. The van der Waals surface area contributed by atoms with Gasteiger partial charge in [-0.15, -0.1) is 0 Å². The number of nitrogens with one attached hydrogen (secondary N) is 2. The quantitative estimate of drug-likeness (QED) is 0.650. The lowest BCUT2D eigenvalue weighted by atomic mass is 10.1. The van der Waals surface area contributed by atoms with Crippen molar-refractivity contribution in [3.63, 3.8) is 0 Å². The average molecular weight is 379 g/mol. The number of hydrogen-bond acceptors (Lipinski definition) is 2. The second-order valence-corrected chi connectivity index (χ2v) is 6.61. The molecule has 0 bridgehead atoms. The fourth-order valence-corrected chi connectivity index (χ4v) is 2.74. The third-order valence-corrected chi connectivity index (χ3v) is 4.48. The maximum atomic E-state index is 12.3. The molecule has 0 unspecified atom stereocenters. The van der Waals surface area contributed by atoms with Crippen LogP contribution in [-0.2, 0) is 11.2 Å². The van der Waals surface area contributed by atoms with Crippen molar-refractivity contribution in [2.45, 2.75) is 13.3 Å². The van der Waals surface area contributed by atoms with Gasteiger partial charge in [0.25, 0.3) is 5.91 Å². The van der Waals surface area contributed by atoms with Crippen molar-refractivity contribution < 1.29 is 9.59 Å². The normalized spacial score (nSPS) is 10.3. The molecule has 0 saturated carbocycles. The number of hydrogen-bond donors (Lipinski definition) is 2. The predicted molar refractivity (Wildman–Crippen MR) is 109 cm³/mol. The SMILES string of the molecule is Cc1ccc(C(=O)Nc2ccc(NC(=O)Cc3ccccc3)cc2)cc1Cl. The zero-order valence-electron chi connectivity index (χ0n) is 14.8. The number of anilines is 2. The lowest BCUT2D eigenvalue weighted by Gasteiger charge is -2.09. The van der Waals surface area contributed by atoms with Crippen LogP contribution in [0.25, 0.3) is 0 Å². The van der Waals surface area contributed by atoms with Crippen LogP contribution in [0.3, 0.4) is 0 Å². The van der Waals surface area contributed by atoms with Crippen molar-refractivity contribution in [2.24, 2.45) is 0 Å². The van der Waals surface area contributed by atoms with Gasteiger partial charge in [-0.05, 0) is 54.4 Å². The third kappa shape index (κ3) is 5.19. The van der Waals surface area contributed by atoms with Crippen molar-refractivity contribution in [3.05, 3.63) is 94.5 Å². The van der Waals surface area contributed by atoms with E-state index in [4.69, 9.17) is 11.6 Å². The first kappa shape index (κ1) is 18.7. The van der Waals surface area contributed by atoms with Crippen LogP contribution in [0.15, 0.2) is 72.8 Å². The summed E-state index contributed by atoms with van der Waals surface area (Å²) in [5.74, 6) is -0.329. The molecule has 0 heterocycles. The van der Waals surface area contributed by atoms with Gasteiger partial charge in [0.2, 0.25) is 5.91 Å². The maximum absolute atomic E-state index is 12.3. The maximum Gasteiger partial charge on any atom is 0.255 e. The van der Waals surface area contributed by atoms with Gasteiger partial charge in [-0.1, -0.05) is 48.0 Å². The number of carbonyl (C=O) groups excluding carboxylic acids is 2. The highest BCUT2D eigenvalue weighted by molar-refractivity contribution is 6.31. The Balaban J connectivity index is 1.59. The Bertz CT molecular complexity index is 954. The predicted octanol–water partition coefficient (Wildman–Crippen LogP) is 5.08. The van der Waals surface area contributed by atoms with E-state index in [-0.39, 0.29) is 11.8 Å². The van der Waals surface area contributed by atoms with E-state index in [1.54, 1.807) is 36.4 Å². The first-order chi connectivity index (χ1) is 13.0. The van der Waals surface area contributed by atoms with Crippen molar-refractivity contribution in [2.75, 3.05) is 10.6 Å². The topological polar surface area (TPSA) is 58.2 Å². The lowest BCUT2D eigenvalue weighted by molar-refractivity contribution is -0.115. The summed E-state index contributed by atoms with van der Waals surface area (Å²) in [6.45, 7) is 1.88. The molecule has 3 aromatic carbocycles.